The van der Waals surface area contributed by atoms with Crippen molar-refractivity contribution in [2.75, 3.05) is 5.32 Å². The van der Waals surface area contributed by atoms with E-state index in [0.717, 1.165) is 0 Å². The van der Waals surface area contributed by atoms with E-state index in [1.54, 1.807) is 18.2 Å². The van der Waals surface area contributed by atoms with Crippen molar-refractivity contribution in [3.63, 3.8) is 0 Å². The van der Waals surface area contributed by atoms with Gasteiger partial charge in [0, 0.05) is 18.5 Å². The van der Waals surface area contributed by atoms with Crippen molar-refractivity contribution < 1.29 is 14.1 Å². The van der Waals surface area contributed by atoms with E-state index in [1.165, 1.54) is 48.8 Å². The molecule has 1 N–H and O–H groups in total. The van der Waals surface area contributed by atoms with Crippen LogP contribution in [0.4, 0.5) is 15.8 Å². The Kier molecular flexibility index (Phi) is 4.47. The number of pyridine rings is 1. The Morgan fingerprint density at radius 2 is 1.80 bits per heavy atom. The molecule has 0 bridgehead atoms. The number of carbonyl (C=O) groups excluding carboxylic acids is 1. The molecule has 0 spiro atoms. The molecular weight excluding hydrogens is 325 g/mol. The fraction of sp³-hybridized carbons (Fsp3) is 0. The number of benzene rings is 2. The van der Waals surface area contributed by atoms with Crippen LogP contribution in [0.15, 0.2) is 67.0 Å². The second-order valence-electron chi connectivity index (χ2n) is 5.19. The van der Waals surface area contributed by atoms with Crippen LogP contribution in [0.3, 0.4) is 0 Å². The number of hydrogen-bond acceptors (Lipinski definition) is 4. The zero-order valence-electron chi connectivity index (χ0n) is 12.8. The molecule has 7 heteroatoms. The van der Waals surface area contributed by atoms with E-state index in [4.69, 9.17) is 0 Å². The average molecular weight is 337 g/mol. The van der Waals surface area contributed by atoms with Crippen LogP contribution in [-0.2, 0) is 0 Å². The molecule has 124 valence electrons. The number of nitrogens with one attached hydrogen (secondary N) is 1. The largest absolute Gasteiger partial charge is 0.316 e. The van der Waals surface area contributed by atoms with E-state index in [1.807, 2.05) is 0 Å². The van der Waals surface area contributed by atoms with E-state index < -0.39 is 16.6 Å². The highest BCUT2D eigenvalue weighted by molar-refractivity contribution is 6.05. The molecule has 0 saturated heterocycles. The van der Waals surface area contributed by atoms with Crippen LogP contribution >= 0.6 is 0 Å². The number of carbonyl (C=O) groups is 1. The molecule has 0 saturated carbocycles. The summed E-state index contributed by atoms with van der Waals surface area (Å²) in [6, 6.07) is 13.2. The lowest BCUT2D eigenvalue weighted by atomic mass is 10.0. The molecule has 1 heterocycles. The number of hydrogen-bond donors (Lipinski definition) is 1. The third-order valence-electron chi connectivity index (χ3n) is 3.54. The fourth-order valence-electron chi connectivity index (χ4n) is 2.30. The summed E-state index contributed by atoms with van der Waals surface area (Å²) < 4.78 is 13.0. The highest BCUT2D eigenvalue weighted by atomic mass is 19.1. The van der Waals surface area contributed by atoms with Gasteiger partial charge in [-0.15, -0.1) is 0 Å². The molecule has 0 aliphatic carbocycles. The van der Waals surface area contributed by atoms with Crippen LogP contribution in [0.5, 0.6) is 0 Å². The van der Waals surface area contributed by atoms with Gasteiger partial charge in [0.2, 0.25) is 0 Å². The second-order valence-corrected chi connectivity index (χ2v) is 5.19. The van der Waals surface area contributed by atoms with E-state index in [-0.39, 0.29) is 11.4 Å². The van der Waals surface area contributed by atoms with E-state index in [0.29, 0.717) is 16.7 Å². The molecule has 3 aromatic rings. The van der Waals surface area contributed by atoms with Gasteiger partial charge in [-0.2, -0.15) is 0 Å². The minimum Gasteiger partial charge on any atom is -0.316 e. The molecule has 0 unspecified atom stereocenters. The summed E-state index contributed by atoms with van der Waals surface area (Å²) in [6.07, 6.45) is 2.89. The maximum absolute atomic E-state index is 13.0. The summed E-state index contributed by atoms with van der Waals surface area (Å²) in [5.74, 6) is -0.885. The van der Waals surface area contributed by atoms with Gasteiger partial charge in [0.1, 0.15) is 11.5 Å². The lowest BCUT2D eigenvalue weighted by Gasteiger charge is -2.08. The minimum atomic E-state index is -0.578. The Morgan fingerprint density at radius 3 is 2.44 bits per heavy atom. The monoisotopic (exact) mass is 337 g/mol. The van der Waals surface area contributed by atoms with Gasteiger partial charge in [-0.05, 0) is 41.5 Å². The topological polar surface area (TPSA) is 85.1 Å². The van der Waals surface area contributed by atoms with Crippen LogP contribution in [0.1, 0.15) is 10.4 Å². The van der Waals surface area contributed by atoms with Gasteiger partial charge in [-0.3, -0.25) is 19.9 Å². The first kappa shape index (κ1) is 16.3. The van der Waals surface area contributed by atoms with Gasteiger partial charge >= 0.3 is 0 Å². The van der Waals surface area contributed by atoms with Crippen LogP contribution in [0.25, 0.3) is 11.1 Å². The van der Waals surface area contributed by atoms with Gasteiger partial charge in [-0.1, -0.05) is 18.2 Å². The molecule has 3 rings (SSSR count). The van der Waals surface area contributed by atoms with Crippen LogP contribution in [-0.4, -0.2) is 15.8 Å². The van der Waals surface area contributed by atoms with Crippen molar-refractivity contribution in [1.82, 2.24) is 4.98 Å². The number of nitro benzene ring substituents is 1. The van der Waals surface area contributed by atoms with Crippen molar-refractivity contribution in [1.29, 1.82) is 0 Å². The predicted molar refractivity (Wildman–Crippen MR) is 90.7 cm³/mol. The summed E-state index contributed by atoms with van der Waals surface area (Å²) in [4.78, 5) is 26.8. The first-order valence-electron chi connectivity index (χ1n) is 7.30. The quantitative estimate of drug-likeness (QED) is 0.575. The summed E-state index contributed by atoms with van der Waals surface area (Å²) >= 11 is 0. The molecule has 0 radical (unpaired) electrons. The molecule has 6 nitrogen and oxygen atoms in total. The molecule has 2 aromatic carbocycles. The van der Waals surface area contributed by atoms with Gasteiger partial charge in [0.25, 0.3) is 11.6 Å². The third kappa shape index (κ3) is 3.66. The van der Waals surface area contributed by atoms with Crippen molar-refractivity contribution in [2.24, 2.45) is 0 Å². The number of aromatic nitrogens is 1. The lowest BCUT2D eigenvalue weighted by Crippen LogP contribution is -2.13. The SMILES string of the molecule is O=C(Nc1ccc(-c2ccc(F)cc2)cc1[N+](=O)[O-])c1cccnc1. The maximum Gasteiger partial charge on any atom is 0.293 e. The summed E-state index contributed by atoms with van der Waals surface area (Å²) in [5, 5.41) is 13.9. The standard InChI is InChI=1S/C18H12FN3O3/c19-15-6-3-12(4-7-15)13-5-8-16(17(10-13)22(24)25)21-18(23)14-2-1-9-20-11-14/h1-11H,(H,21,23). The van der Waals surface area contributed by atoms with Crippen LogP contribution in [0, 0.1) is 15.9 Å². The zero-order valence-corrected chi connectivity index (χ0v) is 12.8. The average Bonchev–Trinajstić information content (AvgIpc) is 2.63. The number of nitro groups is 1. The lowest BCUT2D eigenvalue weighted by molar-refractivity contribution is -0.383. The normalized spacial score (nSPS) is 10.3. The second kappa shape index (κ2) is 6.88. The molecular formula is C18H12FN3O3. The number of amides is 1. The Bertz CT molecular complexity index is 928. The van der Waals surface area contributed by atoms with Crippen molar-refractivity contribution in [2.45, 2.75) is 0 Å². The number of halogens is 1. The van der Waals surface area contributed by atoms with Crippen molar-refractivity contribution in [3.8, 4) is 11.1 Å². The molecule has 1 aromatic heterocycles. The Morgan fingerprint density at radius 1 is 1.08 bits per heavy atom. The van der Waals surface area contributed by atoms with E-state index in [2.05, 4.69) is 10.3 Å². The Hall–Kier alpha value is -3.61. The maximum atomic E-state index is 13.0. The number of nitrogens with zero attached hydrogens (tertiary/aromatic N) is 2. The third-order valence-corrected chi connectivity index (χ3v) is 3.54. The predicted octanol–water partition coefficient (Wildman–Crippen LogP) is 4.05. The molecule has 0 aliphatic heterocycles. The minimum absolute atomic E-state index is 0.0738. The fourth-order valence-corrected chi connectivity index (χ4v) is 2.30. The Labute approximate surface area is 142 Å². The molecule has 0 fully saturated rings. The van der Waals surface area contributed by atoms with Crippen molar-refractivity contribution >= 4 is 17.3 Å². The number of rotatable bonds is 4. The van der Waals surface area contributed by atoms with Gasteiger partial charge in [0.05, 0.1) is 10.5 Å². The summed E-state index contributed by atoms with van der Waals surface area (Å²) in [5.41, 5.74) is 1.30. The summed E-state index contributed by atoms with van der Waals surface area (Å²) in [6.45, 7) is 0. The molecule has 1 amide bonds. The summed E-state index contributed by atoms with van der Waals surface area (Å²) in [7, 11) is 0. The Balaban J connectivity index is 1.93. The van der Waals surface area contributed by atoms with Gasteiger partial charge in [-0.25, -0.2) is 4.39 Å². The molecule has 25 heavy (non-hydrogen) atoms. The molecule has 0 aliphatic rings. The first-order valence-corrected chi connectivity index (χ1v) is 7.30. The van der Waals surface area contributed by atoms with Crippen LogP contribution in [0.2, 0.25) is 0 Å². The molecule has 0 atom stereocenters. The number of anilines is 1. The van der Waals surface area contributed by atoms with Crippen LogP contribution < -0.4 is 5.32 Å². The zero-order chi connectivity index (χ0) is 17.8. The van der Waals surface area contributed by atoms with Gasteiger partial charge < -0.3 is 5.32 Å². The van der Waals surface area contributed by atoms with E-state index >= 15 is 0 Å². The highest BCUT2D eigenvalue weighted by Gasteiger charge is 2.18. The highest BCUT2D eigenvalue weighted by Crippen LogP contribution is 2.31. The van der Waals surface area contributed by atoms with Gasteiger partial charge in [0.15, 0.2) is 0 Å². The van der Waals surface area contributed by atoms with E-state index in [9.17, 15) is 19.3 Å². The first-order chi connectivity index (χ1) is 12.0. The smallest absolute Gasteiger partial charge is 0.293 e. The van der Waals surface area contributed by atoms with Crippen molar-refractivity contribution in [3.05, 3.63) is 88.5 Å².